The van der Waals surface area contributed by atoms with Gasteiger partial charge in [-0.2, -0.15) is 0 Å². The smallest absolute Gasteiger partial charge is 0.251 e. The maximum absolute atomic E-state index is 12.0. The van der Waals surface area contributed by atoms with Crippen LogP contribution in [0.25, 0.3) is 0 Å². The van der Waals surface area contributed by atoms with Crippen molar-refractivity contribution in [2.24, 2.45) is 0 Å². The number of nitrogens with two attached hydrogens (primary N) is 1. The Labute approximate surface area is 117 Å². The monoisotopic (exact) mass is 274 g/mol. The van der Waals surface area contributed by atoms with Crippen LogP contribution in [0.5, 0.6) is 0 Å². The molecule has 0 aliphatic heterocycles. The summed E-state index contributed by atoms with van der Waals surface area (Å²) in [5.41, 5.74) is 8.94. The highest BCUT2D eigenvalue weighted by Crippen LogP contribution is 2.13. The van der Waals surface area contributed by atoms with Crippen molar-refractivity contribution in [3.05, 3.63) is 64.2 Å². The fraction of sp³-hybridized carbons (Fsp3) is 0.133. The Balaban J connectivity index is 2.01. The van der Waals surface area contributed by atoms with E-state index in [4.69, 9.17) is 17.3 Å². The van der Waals surface area contributed by atoms with Gasteiger partial charge < -0.3 is 11.1 Å². The second kappa shape index (κ2) is 5.76. The number of halogens is 1. The molecule has 0 bridgehead atoms. The van der Waals surface area contributed by atoms with Gasteiger partial charge in [-0.3, -0.25) is 4.79 Å². The van der Waals surface area contributed by atoms with Gasteiger partial charge in [0.05, 0.1) is 0 Å². The van der Waals surface area contributed by atoms with Gasteiger partial charge in [-0.15, -0.1) is 0 Å². The Hall–Kier alpha value is -2.00. The van der Waals surface area contributed by atoms with E-state index >= 15 is 0 Å². The Morgan fingerprint density at radius 1 is 1.21 bits per heavy atom. The van der Waals surface area contributed by atoms with Crippen LogP contribution in [0.15, 0.2) is 42.5 Å². The van der Waals surface area contributed by atoms with Crippen molar-refractivity contribution in [1.29, 1.82) is 0 Å². The lowest BCUT2D eigenvalue weighted by atomic mass is 10.1. The predicted octanol–water partition coefficient (Wildman–Crippen LogP) is 3.16. The number of nitrogens with one attached hydrogen (secondary N) is 1. The molecule has 0 saturated heterocycles. The van der Waals surface area contributed by atoms with Crippen LogP contribution in [0, 0.1) is 6.92 Å². The number of carbonyl (C=O) groups is 1. The highest BCUT2D eigenvalue weighted by atomic mass is 35.5. The molecule has 2 aromatic carbocycles. The topological polar surface area (TPSA) is 55.1 Å². The van der Waals surface area contributed by atoms with E-state index in [0.717, 1.165) is 11.1 Å². The summed E-state index contributed by atoms with van der Waals surface area (Å²) in [5.74, 6) is -0.137. The van der Waals surface area contributed by atoms with Crippen LogP contribution in [0.4, 0.5) is 5.69 Å². The maximum atomic E-state index is 12.0. The Morgan fingerprint density at radius 2 is 1.89 bits per heavy atom. The molecule has 2 aromatic rings. The molecule has 0 spiro atoms. The summed E-state index contributed by atoms with van der Waals surface area (Å²) in [5, 5.41) is 3.53. The van der Waals surface area contributed by atoms with Gasteiger partial charge in [0.25, 0.3) is 5.91 Å². The van der Waals surface area contributed by atoms with Crippen LogP contribution < -0.4 is 11.1 Å². The van der Waals surface area contributed by atoms with Crippen molar-refractivity contribution in [1.82, 2.24) is 5.32 Å². The molecule has 0 fully saturated rings. The average molecular weight is 275 g/mol. The van der Waals surface area contributed by atoms with Crippen molar-refractivity contribution in [2.75, 3.05) is 5.73 Å². The van der Waals surface area contributed by atoms with E-state index in [0.29, 0.717) is 22.8 Å². The zero-order chi connectivity index (χ0) is 13.8. The average Bonchev–Trinajstić information content (AvgIpc) is 2.41. The lowest BCUT2D eigenvalue weighted by Crippen LogP contribution is -2.22. The molecule has 98 valence electrons. The van der Waals surface area contributed by atoms with Crippen molar-refractivity contribution < 1.29 is 4.79 Å². The lowest BCUT2D eigenvalue weighted by Gasteiger charge is -2.07. The number of aryl methyl sites for hydroxylation is 1. The molecule has 0 aliphatic rings. The first kappa shape index (κ1) is 13.4. The van der Waals surface area contributed by atoms with E-state index in [9.17, 15) is 4.79 Å². The van der Waals surface area contributed by atoms with Crippen LogP contribution in [0.1, 0.15) is 21.5 Å². The van der Waals surface area contributed by atoms with Crippen molar-refractivity contribution in [3.63, 3.8) is 0 Å². The second-order valence-electron chi connectivity index (χ2n) is 4.38. The van der Waals surface area contributed by atoms with E-state index in [1.165, 1.54) is 0 Å². The molecule has 2 rings (SSSR count). The number of carbonyl (C=O) groups excluding carboxylic acids is 1. The van der Waals surface area contributed by atoms with Gasteiger partial charge in [0.2, 0.25) is 0 Å². The van der Waals surface area contributed by atoms with E-state index in [1.807, 2.05) is 25.1 Å². The first-order chi connectivity index (χ1) is 9.06. The molecule has 0 saturated carbocycles. The van der Waals surface area contributed by atoms with Gasteiger partial charge in [-0.05, 0) is 42.3 Å². The molecule has 1 amide bonds. The largest absolute Gasteiger partial charge is 0.398 e. The van der Waals surface area contributed by atoms with Gasteiger partial charge in [0.1, 0.15) is 0 Å². The van der Waals surface area contributed by atoms with Crippen molar-refractivity contribution in [2.45, 2.75) is 13.5 Å². The number of amides is 1. The molecule has 0 heterocycles. The third-order valence-electron chi connectivity index (χ3n) is 2.91. The maximum Gasteiger partial charge on any atom is 0.251 e. The number of nitrogen functional groups attached to an aromatic ring is 1. The SMILES string of the molecule is Cc1ccc(C(=O)NCc2ccc(Cl)cc2)cc1N. The fourth-order valence-corrected chi connectivity index (χ4v) is 1.79. The lowest BCUT2D eigenvalue weighted by molar-refractivity contribution is 0.0951. The van der Waals surface area contributed by atoms with Gasteiger partial charge in [-0.25, -0.2) is 0 Å². The molecule has 0 unspecified atom stereocenters. The number of rotatable bonds is 3. The summed E-state index contributed by atoms with van der Waals surface area (Å²) >= 11 is 5.80. The van der Waals surface area contributed by atoms with E-state index < -0.39 is 0 Å². The molecular weight excluding hydrogens is 260 g/mol. The highest BCUT2D eigenvalue weighted by molar-refractivity contribution is 6.30. The Bertz CT molecular complexity index is 594. The van der Waals surface area contributed by atoms with Gasteiger partial charge in [-0.1, -0.05) is 29.8 Å². The Morgan fingerprint density at radius 3 is 2.53 bits per heavy atom. The van der Waals surface area contributed by atoms with Crippen LogP contribution in [-0.2, 0) is 6.54 Å². The molecule has 0 aromatic heterocycles. The summed E-state index contributed by atoms with van der Waals surface area (Å²) < 4.78 is 0. The van der Waals surface area contributed by atoms with Crippen LogP contribution in [0.2, 0.25) is 5.02 Å². The second-order valence-corrected chi connectivity index (χ2v) is 4.82. The Kier molecular flexibility index (Phi) is 4.07. The van der Waals surface area contributed by atoms with Gasteiger partial charge >= 0.3 is 0 Å². The summed E-state index contributed by atoms with van der Waals surface area (Å²) in [7, 11) is 0. The molecule has 19 heavy (non-hydrogen) atoms. The zero-order valence-electron chi connectivity index (χ0n) is 10.6. The third kappa shape index (κ3) is 3.48. The minimum Gasteiger partial charge on any atom is -0.398 e. The standard InChI is InChI=1S/C15H15ClN2O/c1-10-2-5-12(8-14(10)17)15(19)18-9-11-3-6-13(16)7-4-11/h2-8H,9,17H2,1H3,(H,18,19). The third-order valence-corrected chi connectivity index (χ3v) is 3.16. The highest BCUT2D eigenvalue weighted by Gasteiger charge is 2.06. The number of anilines is 1. The molecular formula is C15H15ClN2O. The van der Waals surface area contributed by atoms with Crippen LogP contribution in [-0.4, -0.2) is 5.91 Å². The normalized spacial score (nSPS) is 10.2. The molecule has 0 atom stereocenters. The summed E-state index contributed by atoms with van der Waals surface area (Å²) in [6.07, 6.45) is 0. The van der Waals surface area contributed by atoms with Gasteiger partial charge in [0.15, 0.2) is 0 Å². The first-order valence-corrected chi connectivity index (χ1v) is 6.33. The molecule has 0 radical (unpaired) electrons. The first-order valence-electron chi connectivity index (χ1n) is 5.95. The minimum atomic E-state index is -0.137. The number of hydrogen-bond acceptors (Lipinski definition) is 2. The number of benzene rings is 2. The van der Waals surface area contributed by atoms with Crippen molar-refractivity contribution in [3.8, 4) is 0 Å². The van der Waals surface area contributed by atoms with Crippen molar-refractivity contribution >= 4 is 23.2 Å². The minimum absolute atomic E-state index is 0.137. The molecule has 3 nitrogen and oxygen atoms in total. The molecule has 0 aliphatic carbocycles. The van der Waals surface area contributed by atoms with E-state index in [1.54, 1.807) is 24.3 Å². The summed E-state index contributed by atoms with van der Waals surface area (Å²) in [6, 6.07) is 12.7. The van der Waals surface area contributed by atoms with Gasteiger partial charge in [0, 0.05) is 22.8 Å². The van der Waals surface area contributed by atoms with Crippen LogP contribution >= 0.6 is 11.6 Å². The van der Waals surface area contributed by atoms with E-state index in [2.05, 4.69) is 5.32 Å². The fourth-order valence-electron chi connectivity index (χ4n) is 1.67. The quantitative estimate of drug-likeness (QED) is 0.845. The molecule has 4 heteroatoms. The summed E-state index contributed by atoms with van der Waals surface area (Å²) in [4.78, 5) is 12.0. The number of hydrogen-bond donors (Lipinski definition) is 2. The predicted molar refractivity (Wildman–Crippen MR) is 78.2 cm³/mol. The summed E-state index contributed by atoms with van der Waals surface area (Å²) in [6.45, 7) is 2.37. The van der Waals surface area contributed by atoms with E-state index in [-0.39, 0.29) is 5.91 Å². The molecule has 3 N–H and O–H groups in total. The zero-order valence-corrected chi connectivity index (χ0v) is 11.4. The van der Waals surface area contributed by atoms with Crippen LogP contribution in [0.3, 0.4) is 0 Å².